The number of nitrogens with zero attached hydrogens (tertiary/aromatic N) is 1. The number of nitrogens with one attached hydrogen (secondary N) is 1. The Labute approximate surface area is 125 Å². The molecule has 1 aliphatic rings. The van der Waals surface area contributed by atoms with E-state index in [0.29, 0.717) is 23.0 Å². The molecule has 0 aliphatic heterocycles. The summed E-state index contributed by atoms with van der Waals surface area (Å²) in [5, 5.41) is 12.2. The van der Waals surface area contributed by atoms with E-state index in [2.05, 4.69) is 26.2 Å². The number of carboxylic acid groups (broad SMARTS) is 1. The van der Waals surface area contributed by atoms with Gasteiger partial charge in [0.15, 0.2) is 0 Å². The molecule has 1 fully saturated rings. The first-order valence-corrected chi connectivity index (χ1v) is 7.40. The Morgan fingerprint density at radius 1 is 1.55 bits per heavy atom. The molecule has 2 atom stereocenters. The molecule has 5 nitrogen and oxygen atoms in total. The van der Waals surface area contributed by atoms with Crippen LogP contribution in [0, 0.1) is 5.92 Å². The molecule has 0 spiro atoms. The van der Waals surface area contributed by atoms with Gasteiger partial charge in [-0.15, -0.1) is 0 Å². The van der Waals surface area contributed by atoms with E-state index in [1.54, 1.807) is 18.3 Å². The molecule has 2 rings (SSSR count). The molecule has 108 valence electrons. The summed E-state index contributed by atoms with van der Waals surface area (Å²) in [4.78, 5) is 27.9. The van der Waals surface area contributed by atoms with Crippen LogP contribution in [0.4, 0.5) is 0 Å². The van der Waals surface area contributed by atoms with Crippen LogP contribution >= 0.6 is 15.9 Å². The maximum atomic E-state index is 12.3. The molecule has 1 aromatic heterocycles. The molecule has 1 aliphatic carbocycles. The Kier molecular flexibility index (Phi) is 4.42. The predicted molar refractivity (Wildman–Crippen MR) is 77.4 cm³/mol. The zero-order valence-corrected chi connectivity index (χ0v) is 12.8. The van der Waals surface area contributed by atoms with Crippen molar-refractivity contribution in [1.29, 1.82) is 0 Å². The fourth-order valence-corrected chi connectivity index (χ4v) is 3.18. The summed E-state index contributed by atoms with van der Waals surface area (Å²) in [6.07, 6.45) is 4.31. The lowest BCUT2D eigenvalue weighted by Crippen LogP contribution is -2.56. The summed E-state index contributed by atoms with van der Waals surface area (Å²) in [5.41, 5.74) is -0.810. The third-order valence-electron chi connectivity index (χ3n) is 3.76. The SMILES string of the molecule is CC1CCCC(NC(=O)c2cccnc2Br)(C(=O)O)C1. The second-order valence-electron chi connectivity index (χ2n) is 5.38. The lowest BCUT2D eigenvalue weighted by atomic mass is 9.76. The third-order valence-corrected chi connectivity index (χ3v) is 4.40. The molecule has 0 radical (unpaired) electrons. The van der Waals surface area contributed by atoms with Gasteiger partial charge in [0.1, 0.15) is 10.1 Å². The zero-order chi connectivity index (χ0) is 14.8. The first-order valence-electron chi connectivity index (χ1n) is 6.61. The lowest BCUT2D eigenvalue weighted by molar-refractivity contribution is -0.146. The smallest absolute Gasteiger partial charge is 0.329 e. The second-order valence-corrected chi connectivity index (χ2v) is 6.14. The number of carboxylic acids is 1. The number of hydrogen-bond donors (Lipinski definition) is 2. The number of pyridine rings is 1. The number of aromatic nitrogens is 1. The van der Waals surface area contributed by atoms with E-state index in [0.717, 1.165) is 12.8 Å². The van der Waals surface area contributed by atoms with Crippen molar-refractivity contribution in [2.45, 2.75) is 38.1 Å². The van der Waals surface area contributed by atoms with E-state index in [9.17, 15) is 14.7 Å². The summed E-state index contributed by atoms with van der Waals surface area (Å²) in [5.74, 6) is -1.07. The highest BCUT2D eigenvalue weighted by Crippen LogP contribution is 2.33. The first kappa shape index (κ1) is 15.0. The highest BCUT2D eigenvalue weighted by molar-refractivity contribution is 9.10. The van der Waals surface area contributed by atoms with Gasteiger partial charge in [0, 0.05) is 6.20 Å². The summed E-state index contributed by atoms with van der Waals surface area (Å²) >= 11 is 3.21. The number of carbonyl (C=O) groups excluding carboxylic acids is 1. The number of rotatable bonds is 3. The van der Waals surface area contributed by atoms with E-state index in [-0.39, 0.29) is 5.92 Å². The topological polar surface area (TPSA) is 79.3 Å². The van der Waals surface area contributed by atoms with Crippen molar-refractivity contribution in [3.05, 3.63) is 28.5 Å². The highest BCUT2D eigenvalue weighted by Gasteiger charge is 2.43. The molecule has 20 heavy (non-hydrogen) atoms. The Morgan fingerprint density at radius 2 is 2.30 bits per heavy atom. The van der Waals surface area contributed by atoms with Crippen LogP contribution < -0.4 is 5.32 Å². The summed E-state index contributed by atoms with van der Waals surface area (Å²) in [6.45, 7) is 2.02. The van der Waals surface area contributed by atoms with Gasteiger partial charge in [-0.05, 0) is 46.8 Å². The van der Waals surface area contributed by atoms with Crippen LogP contribution in [0.1, 0.15) is 43.0 Å². The van der Waals surface area contributed by atoms with Crippen molar-refractivity contribution >= 4 is 27.8 Å². The van der Waals surface area contributed by atoms with E-state index in [1.165, 1.54) is 0 Å². The lowest BCUT2D eigenvalue weighted by Gasteiger charge is -2.37. The van der Waals surface area contributed by atoms with Gasteiger partial charge in [-0.1, -0.05) is 19.8 Å². The minimum absolute atomic E-state index is 0.289. The number of hydrogen-bond acceptors (Lipinski definition) is 3. The van der Waals surface area contributed by atoms with E-state index in [1.807, 2.05) is 6.92 Å². The monoisotopic (exact) mass is 340 g/mol. The number of halogens is 1. The molecule has 6 heteroatoms. The third kappa shape index (κ3) is 3.00. The Morgan fingerprint density at radius 3 is 2.90 bits per heavy atom. The normalized spacial score (nSPS) is 26.0. The first-order chi connectivity index (χ1) is 9.44. The van der Waals surface area contributed by atoms with Crippen LogP contribution in [0.3, 0.4) is 0 Å². The van der Waals surface area contributed by atoms with Gasteiger partial charge in [0.25, 0.3) is 5.91 Å². The van der Waals surface area contributed by atoms with E-state index in [4.69, 9.17) is 0 Å². The van der Waals surface area contributed by atoms with Crippen molar-refractivity contribution in [3.8, 4) is 0 Å². The molecule has 1 heterocycles. The molecule has 0 saturated heterocycles. The highest BCUT2D eigenvalue weighted by atomic mass is 79.9. The molecule has 1 amide bonds. The van der Waals surface area contributed by atoms with Crippen LogP contribution in [0.15, 0.2) is 22.9 Å². The Balaban J connectivity index is 2.23. The molecule has 2 N–H and O–H groups in total. The van der Waals surface area contributed by atoms with Gasteiger partial charge in [-0.2, -0.15) is 0 Å². The van der Waals surface area contributed by atoms with Gasteiger partial charge < -0.3 is 10.4 Å². The maximum Gasteiger partial charge on any atom is 0.329 e. The van der Waals surface area contributed by atoms with E-state index < -0.39 is 17.4 Å². The molecule has 0 aromatic carbocycles. The molecule has 1 aromatic rings. The van der Waals surface area contributed by atoms with Crippen molar-refractivity contribution in [2.24, 2.45) is 5.92 Å². The Hall–Kier alpha value is -1.43. The fraction of sp³-hybridized carbons (Fsp3) is 0.500. The fourth-order valence-electron chi connectivity index (χ4n) is 2.75. The number of aliphatic carboxylic acids is 1. The quantitative estimate of drug-likeness (QED) is 0.829. The van der Waals surface area contributed by atoms with Crippen LogP contribution in [-0.2, 0) is 4.79 Å². The van der Waals surface area contributed by atoms with Crippen LogP contribution in [0.5, 0.6) is 0 Å². The minimum Gasteiger partial charge on any atom is -0.480 e. The van der Waals surface area contributed by atoms with Crippen molar-refractivity contribution in [1.82, 2.24) is 10.3 Å². The standard InChI is InChI=1S/C14H17BrN2O3/c1-9-4-2-6-14(8-9,13(19)20)17-12(18)10-5-3-7-16-11(10)15/h3,5,7,9H,2,4,6,8H2,1H3,(H,17,18)(H,19,20). The Bertz CT molecular complexity index is 535. The summed E-state index contributed by atoms with van der Waals surface area (Å²) in [7, 11) is 0. The predicted octanol–water partition coefficient (Wildman–Crippen LogP) is 2.61. The number of amides is 1. The molecular weight excluding hydrogens is 324 g/mol. The molecule has 0 bridgehead atoms. The zero-order valence-electron chi connectivity index (χ0n) is 11.2. The van der Waals surface area contributed by atoms with Gasteiger partial charge in [0.05, 0.1) is 5.56 Å². The maximum absolute atomic E-state index is 12.3. The average molecular weight is 341 g/mol. The van der Waals surface area contributed by atoms with Gasteiger partial charge in [0.2, 0.25) is 0 Å². The van der Waals surface area contributed by atoms with Crippen LogP contribution in [0.25, 0.3) is 0 Å². The average Bonchev–Trinajstić information content (AvgIpc) is 2.38. The van der Waals surface area contributed by atoms with Gasteiger partial charge >= 0.3 is 5.97 Å². The summed E-state index contributed by atoms with van der Waals surface area (Å²) < 4.78 is 0.418. The van der Waals surface area contributed by atoms with Crippen LogP contribution in [0.2, 0.25) is 0 Å². The van der Waals surface area contributed by atoms with Crippen LogP contribution in [-0.4, -0.2) is 27.5 Å². The van der Waals surface area contributed by atoms with Crippen molar-refractivity contribution in [3.63, 3.8) is 0 Å². The van der Waals surface area contributed by atoms with Crippen molar-refractivity contribution < 1.29 is 14.7 Å². The molecular formula is C14H17BrN2O3. The van der Waals surface area contributed by atoms with Gasteiger partial charge in [-0.25, -0.2) is 9.78 Å². The molecule has 2 unspecified atom stereocenters. The summed E-state index contributed by atoms with van der Waals surface area (Å²) in [6, 6.07) is 3.27. The number of carbonyl (C=O) groups is 2. The van der Waals surface area contributed by atoms with E-state index >= 15 is 0 Å². The second kappa shape index (κ2) is 5.91. The minimum atomic E-state index is -1.16. The molecule has 1 saturated carbocycles. The van der Waals surface area contributed by atoms with Crippen molar-refractivity contribution in [2.75, 3.05) is 0 Å². The largest absolute Gasteiger partial charge is 0.480 e. The van der Waals surface area contributed by atoms with Gasteiger partial charge in [-0.3, -0.25) is 4.79 Å².